The van der Waals surface area contributed by atoms with Crippen molar-refractivity contribution in [3.8, 4) is 11.5 Å². The van der Waals surface area contributed by atoms with Gasteiger partial charge < -0.3 is 0 Å². The Morgan fingerprint density at radius 1 is 1.40 bits per heavy atom. The zero-order chi connectivity index (χ0) is 6.55. The number of aromatic amines is 1. The SMILES string of the molecule is c1nc2nc3[nH]c([se]3)c-2n1. The number of H-pyrrole nitrogens is 1. The molecule has 0 atom stereocenters. The maximum atomic E-state index is 4.21. The van der Waals surface area contributed by atoms with Crippen LogP contribution in [0.3, 0.4) is 0 Å². The first-order valence-corrected chi connectivity index (χ1v) is 4.53. The molecule has 48 valence electrons. The minimum absolute atomic E-state index is 0.427. The summed E-state index contributed by atoms with van der Waals surface area (Å²) in [5.74, 6) is 0.789. The van der Waals surface area contributed by atoms with E-state index in [1.807, 2.05) is 0 Å². The molecule has 0 saturated heterocycles. The van der Waals surface area contributed by atoms with Crippen LogP contribution >= 0.6 is 0 Å². The van der Waals surface area contributed by atoms with Gasteiger partial charge in [-0.1, -0.05) is 0 Å². The fourth-order valence-electron chi connectivity index (χ4n) is 0.955. The molecule has 1 aromatic heterocycles. The molecule has 3 aliphatic heterocycles. The van der Waals surface area contributed by atoms with E-state index in [9.17, 15) is 0 Å². The fourth-order valence-corrected chi connectivity index (χ4v) is 2.45. The molecule has 2 bridgehead atoms. The van der Waals surface area contributed by atoms with Crippen LogP contribution in [0.15, 0.2) is 6.33 Å². The molecule has 4 rings (SSSR count). The summed E-state index contributed by atoms with van der Waals surface area (Å²) >= 11 is 0.427. The Morgan fingerprint density at radius 2 is 2.30 bits per heavy atom. The summed E-state index contributed by atoms with van der Waals surface area (Å²) in [7, 11) is 0. The topological polar surface area (TPSA) is 54.5 Å². The van der Waals surface area contributed by atoms with Crippen LogP contribution in [0.2, 0.25) is 0 Å². The normalized spacial score (nSPS) is 12.0. The number of aromatic nitrogens is 4. The van der Waals surface area contributed by atoms with E-state index in [-0.39, 0.29) is 0 Å². The summed E-state index contributed by atoms with van der Waals surface area (Å²) in [4.78, 5) is 15.4. The van der Waals surface area contributed by atoms with Crippen molar-refractivity contribution in [3.63, 3.8) is 0 Å². The Hall–Kier alpha value is -0.931. The molecule has 0 spiro atoms. The molecule has 4 heterocycles. The molecule has 5 heteroatoms. The Labute approximate surface area is 61.8 Å². The van der Waals surface area contributed by atoms with Crippen LogP contribution in [0.4, 0.5) is 0 Å². The van der Waals surface area contributed by atoms with E-state index in [2.05, 4.69) is 19.9 Å². The monoisotopic (exact) mass is 198 g/mol. The quantitative estimate of drug-likeness (QED) is 0.514. The van der Waals surface area contributed by atoms with Crippen LogP contribution in [0.1, 0.15) is 0 Å². The molecular formula is C5H2N4Se. The molecule has 0 saturated carbocycles. The molecule has 0 unspecified atom stereocenters. The van der Waals surface area contributed by atoms with E-state index < -0.39 is 0 Å². The average Bonchev–Trinajstić information content (AvgIpc) is 2.29. The second kappa shape index (κ2) is 1.38. The van der Waals surface area contributed by atoms with Crippen molar-refractivity contribution in [1.29, 1.82) is 0 Å². The van der Waals surface area contributed by atoms with Crippen LogP contribution in [-0.2, 0) is 0 Å². The second-order valence-electron chi connectivity index (χ2n) is 2.02. The van der Waals surface area contributed by atoms with Crippen LogP contribution in [-0.4, -0.2) is 34.4 Å². The molecule has 4 nitrogen and oxygen atoms in total. The molecule has 10 heavy (non-hydrogen) atoms. The number of hydrogen-bond donors (Lipinski definition) is 1. The first kappa shape index (κ1) is 4.82. The first-order valence-electron chi connectivity index (χ1n) is 2.82. The minimum atomic E-state index is 0.427. The molecule has 0 radical (unpaired) electrons. The van der Waals surface area contributed by atoms with Crippen molar-refractivity contribution < 1.29 is 0 Å². The van der Waals surface area contributed by atoms with Gasteiger partial charge in [-0.3, -0.25) is 0 Å². The van der Waals surface area contributed by atoms with Crippen molar-refractivity contribution >= 4 is 23.4 Å². The number of hydrogen-bond acceptors (Lipinski definition) is 3. The Bertz CT molecular complexity index is 412. The summed E-state index contributed by atoms with van der Waals surface area (Å²) in [6.45, 7) is 0. The van der Waals surface area contributed by atoms with Crippen molar-refractivity contribution in [2.75, 3.05) is 0 Å². The summed E-state index contributed by atoms with van der Waals surface area (Å²) < 4.78 is 2.31. The van der Waals surface area contributed by atoms with Crippen molar-refractivity contribution in [1.82, 2.24) is 19.9 Å². The van der Waals surface area contributed by atoms with Crippen LogP contribution in [0.5, 0.6) is 0 Å². The van der Waals surface area contributed by atoms with Crippen molar-refractivity contribution in [2.45, 2.75) is 0 Å². The van der Waals surface area contributed by atoms with Crippen LogP contribution in [0, 0.1) is 0 Å². The van der Waals surface area contributed by atoms with E-state index in [0.717, 1.165) is 16.0 Å². The number of nitrogens with one attached hydrogen (secondary N) is 1. The van der Waals surface area contributed by atoms with Gasteiger partial charge in [-0.25, -0.2) is 0 Å². The van der Waals surface area contributed by atoms with Crippen molar-refractivity contribution in [3.05, 3.63) is 6.33 Å². The zero-order valence-electron chi connectivity index (χ0n) is 4.83. The molecular weight excluding hydrogens is 195 g/mol. The third kappa shape index (κ3) is 0.414. The molecule has 1 N–H and O–H groups in total. The number of nitrogens with zero attached hydrogens (tertiary/aromatic N) is 3. The van der Waals surface area contributed by atoms with E-state index in [0.29, 0.717) is 14.5 Å². The summed E-state index contributed by atoms with van der Waals surface area (Å²) in [5, 5.41) is 0. The summed E-state index contributed by atoms with van der Waals surface area (Å²) in [6, 6.07) is 0. The molecule has 3 aliphatic rings. The van der Waals surface area contributed by atoms with Gasteiger partial charge in [-0.2, -0.15) is 0 Å². The van der Waals surface area contributed by atoms with E-state index >= 15 is 0 Å². The van der Waals surface area contributed by atoms with Crippen LogP contribution in [0.25, 0.3) is 20.4 Å². The van der Waals surface area contributed by atoms with Gasteiger partial charge in [0.15, 0.2) is 0 Å². The average molecular weight is 197 g/mol. The number of imidazole rings is 1. The fraction of sp³-hybridized carbons (Fsp3) is 0. The third-order valence-electron chi connectivity index (χ3n) is 1.42. The summed E-state index contributed by atoms with van der Waals surface area (Å²) in [6.07, 6.45) is 1.56. The van der Waals surface area contributed by atoms with Gasteiger partial charge in [0.25, 0.3) is 0 Å². The van der Waals surface area contributed by atoms with Gasteiger partial charge in [-0.05, 0) is 0 Å². The van der Waals surface area contributed by atoms with Gasteiger partial charge in [0.05, 0.1) is 0 Å². The first-order chi connectivity index (χ1) is 4.93. The second-order valence-corrected chi connectivity index (χ2v) is 4.12. The maximum absolute atomic E-state index is 4.21. The van der Waals surface area contributed by atoms with Gasteiger partial charge in [0, 0.05) is 0 Å². The molecule has 1 aromatic rings. The van der Waals surface area contributed by atoms with Gasteiger partial charge in [-0.15, -0.1) is 0 Å². The molecule has 0 aliphatic carbocycles. The Morgan fingerprint density at radius 3 is 3.10 bits per heavy atom. The van der Waals surface area contributed by atoms with E-state index in [4.69, 9.17) is 0 Å². The standard InChI is InChI=1S/C5H2N4Se/c1-6-2-3(7-1)8-5-9-4(2)10-5/h1H,(H,6,7,8,9). The zero-order valence-corrected chi connectivity index (χ0v) is 6.54. The summed E-state index contributed by atoms with van der Waals surface area (Å²) in [5.41, 5.74) is 0.954. The van der Waals surface area contributed by atoms with Gasteiger partial charge in [0.2, 0.25) is 0 Å². The van der Waals surface area contributed by atoms with E-state index in [1.165, 1.54) is 4.39 Å². The molecule has 0 amide bonds. The Balaban J connectivity index is 2.64. The van der Waals surface area contributed by atoms with Crippen molar-refractivity contribution in [2.24, 2.45) is 0 Å². The van der Waals surface area contributed by atoms with Gasteiger partial charge in [0.1, 0.15) is 0 Å². The van der Waals surface area contributed by atoms with Crippen LogP contribution < -0.4 is 0 Å². The number of rotatable bonds is 0. The van der Waals surface area contributed by atoms with Gasteiger partial charge >= 0.3 is 61.2 Å². The third-order valence-corrected chi connectivity index (χ3v) is 3.28. The van der Waals surface area contributed by atoms with E-state index in [1.54, 1.807) is 6.33 Å². The Kier molecular flexibility index (Phi) is 0.667. The predicted octanol–water partition coefficient (Wildman–Crippen LogP) is -0.0475. The predicted molar refractivity (Wildman–Crippen MR) is 36.4 cm³/mol. The molecule has 0 aromatic carbocycles. The molecule has 0 fully saturated rings.